The first-order valence-corrected chi connectivity index (χ1v) is 5.93. The largest absolute Gasteiger partial charge is 0.314 e. The lowest BCUT2D eigenvalue weighted by Gasteiger charge is -2.11. The number of nitrogens with one attached hydrogen (secondary N) is 1. The molecule has 0 bridgehead atoms. The van der Waals surface area contributed by atoms with Gasteiger partial charge in [0.1, 0.15) is 0 Å². The van der Waals surface area contributed by atoms with Crippen LogP contribution >= 0.6 is 0 Å². The summed E-state index contributed by atoms with van der Waals surface area (Å²) in [6, 6.07) is 0.513. The molecule has 1 N–H and O–H groups in total. The van der Waals surface area contributed by atoms with Gasteiger partial charge in [0.15, 0.2) is 0 Å². The van der Waals surface area contributed by atoms with Crippen LogP contribution in [-0.4, -0.2) is 28.8 Å². The molecule has 0 rings (SSSR count). The monoisotopic (exact) mass is 177 g/mol. The minimum absolute atomic E-state index is 0.513. The summed E-state index contributed by atoms with van der Waals surface area (Å²) in [5.41, 5.74) is 0. The lowest BCUT2D eigenvalue weighted by molar-refractivity contribution is 0.533. The molecule has 0 aliphatic carbocycles. The normalized spacial score (nSPS) is 16.3. The second kappa shape index (κ2) is 6.80. The van der Waals surface area contributed by atoms with E-state index in [1.54, 1.807) is 6.26 Å². The van der Waals surface area contributed by atoms with Crippen LogP contribution in [0.1, 0.15) is 26.7 Å². The van der Waals surface area contributed by atoms with Crippen molar-refractivity contribution < 1.29 is 4.21 Å². The predicted octanol–water partition coefficient (Wildman–Crippen LogP) is 1.14. The Morgan fingerprint density at radius 1 is 1.55 bits per heavy atom. The molecule has 0 radical (unpaired) electrons. The Bertz CT molecular complexity index is 117. The Morgan fingerprint density at radius 3 is 2.64 bits per heavy atom. The van der Waals surface area contributed by atoms with Gasteiger partial charge in [-0.05, 0) is 26.3 Å². The van der Waals surface area contributed by atoms with Crippen molar-refractivity contribution in [1.82, 2.24) is 5.32 Å². The van der Waals surface area contributed by atoms with Gasteiger partial charge in [-0.1, -0.05) is 6.92 Å². The molecule has 0 spiro atoms. The van der Waals surface area contributed by atoms with E-state index < -0.39 is 10.8 Å². The molecule has 0 fully saturated rings. The fourth-order valence-electron chi connectivity index (χ4n) is 0.836. The molecule has 0 amide bonds. The van der Waals surface area contributed by atoms with Crippen LogP contribution in [0.15, 0.2) is 0 Å². The minimum Gasteiger partial charge on any atom is -0.314 e. The maximum Gasteiger partial charge on any atom is 0.0246 e. The molecule has 3 heteroatoms. The molecule has 2 nitrogen and oxygen atoms in total. The molecule has 0 aromatic rings. The Labute approximate surface area is 72.2 Å². The van der Waals surface area contributed by atoms with Gasteiger partial charge in [0, 0.05) is 28.9 Å². The van der Waals surface area contributed by atoms with Crippen LogP contribution in [0, 0.1) is 0 Å². The molecule has 2 atom stereocenters. The van der Waals surface area contributed by atoms with Gasteiger partial charge in [-0.2, -0.15) is 0 Å². The van der Waals surface area contributed by atoms with E-state index in [1.807, 2.05) is 0 Å². The van der Waals surface area contributed by atoms with Gasteiger partial charge in [-0.25, -0.2) is 0 Å². The summed E-state index contributed by atoms with van der Waals surface area (Å²) in [7, 11) is -0.632. The van der Waals surface area contributed by atoms with E-state index in [4.69, 9.17) is 0 Å². The second-order valence-electron chi connectivity index (χ2n) is 2.92. The lowest BCUT2D eigenvalue weighted by atomic mass is 10.2. The van der Waals surface area contributed by atoms with E-state index in [1.165, 1.54) is 6.42 Å². The first kappa shape index (κ1) is 11.1. The average molecular weight is 177 g/mol. The first-order valence-electron chi connectivity index (χ1n) is 4.20. The maximum atomic E-state index is 10.7. The standard InChI is InChI=1S/C8H19NOS/c1-4-6-9-8(2)5-7-11(3)10/h8-9H,4-7H2,1-3H3. The molecule has 0 aromatic carbocycles. The Hall–Kier alpha value is 0.110. The zero-order valence-corrected chi connectivity index (χ0v) is 8.54. The third kappa shape index (κ3) is 8.01. The highest BCUT2D eigenvalue weighted by molar-refractivity contribution is 7.84. The summed E-state index contributed by atoms with van der Waals surface area (Å²) in [6.07, 6.45) is 3.94. The van der Waals surface area contributed by atoms with Crippen molar-refractivity contribution in [3.8, 4) is 0 Å². The van der Waals surface area contributed by atoms with Crippen molar-refractivity contribution in [3.63, 3.8) is 0 Å². The van der Waals surface area contributed by atoms with Gasteiger partial charge in [0.05, 0.1) is 0 Å². The molecule has 0 aliphatic rings. The smallest absolute Gasteiger partial charge is 0.0246 e. The van der Waals surface area contributed by atoms with Crippen molar-refractivity contribution >= 4 is 10.8 Å². The Morgan fingerprint density at radius 2 is 2.18 bits per heavy atom. The van der Waals surface area contributed by atoms with Gasteiger partial charge in [-0.15, -0.1) is 0 Å². The van der Waals surface area contributed by atoms with Crippen molar-refractivity contribution in [3.05, 3.63) is 0 Å². The molecular weight excluding hydrogens is 158 g/mol. The van der Waals surface area contributed by atoms with Gasteiger partial charge >= 0.3 is 0 Å². The van der Waals surface area contributed by atoms with Crippen LogP contribution < -0.4 is 5.32 Å². The van der Waals surface area contributed by atoms with E-state index in [0.717, 1.165) is 18.7 Å². The molecule has 0 saturated carbocycles. The van der Waals surface area contributed by atoms with Gasteiger partial charge in [0.2, 0.25) is 0 Å². The second-order valence-corrected chi connectivity index (χ2v) is 4.48. The Kier molecular flexibility index (Phi) is 6.87. The lowest BCUT2D eigenvalue weighted by Crippen LogP contribution is -2.27. The highest BCUT2D eigenvalue weighted by Crippen LogP contribution is 1.92. The van der Waals surface area contributed by atoms with Gasteiger partial charge in [-0.3, -0.25) is 4.21 Å². The zero-order chi connectivity index (χ0) is 8.69. The van der Waals surface area contributed by atoms with Crippen molar-refractivity contribution in [2.75, 3.05) is 18.6 Å². The predicted molar refractivity (Wildman–Crippen MR) is 51.3 cm³/mol. The fraction of sp³-hybridized carbons (Fsp3) is 1.00. The van der Waals surface area contributed by atoms with Crippen LogP contribution in [0.2, 0.25) is 0 Å². The average Bonchev–Trinajstić information content (AvgIpc) is 1.97. The third-order valence-electron chi connectivity index (χ3n) is 1.58. The topological polar surface area (TPSA) is 29.1 Å². The third-order valence-corrected chi connectivity index (χ3v) is 2.39. The number of hydrogen-bond donors (Lipinski definition) is 1. The van der Waals surface area contributed by atoms with Crippen LogP contribution in [0.5, 0.6) is 0 Å². The van der Waals surface area contributed by atoms with E-state index in [9.17, 15) is 4.21 Å². The van der Waals surface area contributed by atoms with Crippen LogP contribution in [0.25, 0.3) is 0 Å². The quantitative estimate of drug-likeness (QED) is 0.659. The highest BCUT2D eigenvalue weighted by atomic mass is 32.2. The van der Waals surface area contributed by atoms with E-state index in [0.29, 0.717) is 6.04 Å². The molecule has 2 unspecified atom stereocenters. The van der Waals surface area contributed by atoms with Crippen molar-refractivity contribution in [2.45, 2.75) is 32.7 Å². The minimum atomic E-state index is -0.632. The zero-order valence-electron chi connectivity index (χ0n) is 7.72. The number of rotatable bonds is 6. The molecule has 68 valence electrons. The van der Waals surface area contributed by atoms with E-state index in [-0.39, 0.29) is 0 Å². The van der Waals surface area contributed by atoms with E-state index in [2.05, 4.69) is 19.2 Å². The molecule has 0 aromatic heterocycles. The van der Waals surface area contributed by atoms with Crippen LogP contribution in [-0.2, 0) is 10.8 Å². The summed E-state index contributed by atoms with van der Waals surface area (Å²) < 4.78 is 10.7. The van der Waals surface area contributed by atoms with E-state index >= 15 is 0 Å². The SMILES string of the molecule is CCCNC(C)CCS(C)=O. The summed E-state index contributed by atoms with van der Waals surface area (Å²) in [5.74, 6) is 0.817. The van der Waals surface area contributed by atoms with Crippen LogP contribution in [0.3, 0.4) is 0 Å². The number of hydrogen-bond acceptors (Lipinski definition) is 2. The summed E-state index contributed by atoms with van der Waals surface area (Å²) in [5, 5.41) is 3.35. The molecule has 11 heavy (non-hydrogen) atoms. The fourth-order valence-corrected chi connectivity index (χ4v) is 1.52. The molecular formula is C8H19NOS. The molecule has 0 saturated heterocycles. The molecule has 0 heterocycles. The Balaban J connectivity index is 3.22. The summed E-state index contributed by atoms with van der Waals surface area (Å²) in [4.78, 5) is 0. The van der Waals surface area contributed by atoms with Gasteiger partial charge < -0.3 is 5.32 Å². The highest BCUT2D eigenvalue weighted by Gasteiger charge is 2.00. The van der Waals surface area contributed by atoms with Crippen LogP contribution in [0.4, 0.5) is 0 Å². The van der Waals surface area contributed by atoms with Crippen molar-refractivity contribution in [2.24, 2.45) is 0 Å². The summed E-state index contributed by atoms with van der Waals surface area (Å²) in [6.45, 7) is 5.36. The van der Waals surface area contributed by atoms with Crippen molar-refractivity contribution in [1.29, 1.82) is 0 Å². The first-order chi connectivity index (χ1) is 5.16. The van der Waals surface area contributed by atoms with Gasteiger partial charge in [0.25, 0.3) is 0 Å². The summed E-state index contributed by atoms with van der Waals surface area (Å²) >= 11 is 0. The molecule has 0 aliphatic heterocycles. The maximum absolute atomic E-state index is 10.7.